The number of ether oxygens (including phenoxy) is 2. The lowest BCUT2D eigenvalue weighted by atomic mass is 9.69. The fourth-order valence-electron chi connectivity index (χ4n) is 4.02. The lowest BCUT2D eigenvalue weighted by Crippen LogP contribution is -2.46. The Kier molecular flexibility index (Phi) is 5.76. The molecular formula is C25H26N4O4. The molecule has 0 saturated carbocycles. The van der Waals surface area contributed by atoms with Crippen molar-refractivity contribution in [1.82, 2.24) is 15.3 Å². The molecule has 0 fully saturated rings. The molecule has 4 rings (SSSR count). The molecule has 0 saturated heterocycles. The van der Waals surface area contributed by atoms with Crippen LogP contribution in [0.1, 0.15) is 44.7 Å². The molecule has 1 aliphatic heterocycles. The maximum Gasteiger partial charge on any atom is 0.318 e. The number of urea groups is 1. The molecule has 8 nitrogen and oxygen atoms in total. The first-order chi connectivity index (χ1) is 15.7. The van der Waals surface area contributed by atoms with Crippen LogP contribution >= 0.6 is 0 Å². The number of aromatic nitrogens is 2. The van der Waals surface area contributed by atoms with Gasteiger partial charge in [0.15, 0.2) is 0 Å². The van der Waals surface area contributed by atoms with E-state index in [2.05, 4.69) is 10.3 Å². The van der Waals surface area contributed by atoms with Crippen molar-refractivity contribution in [2.45, 2.75) is 39.7 Å². The van der Waals surface area contributed by atoms with Crippen LogP contribution in [0, 0.1) is 5.41 Å². The van der Waals surface area contributed by atoms with E-state index in [9.17, 15) is 9.59 Å². The van der Waals surface area contributed by atoms with Gasteiger partial charge in [0.25, 0.3) is 0 Å². The number of hydrogen-bond donors (Lipinski definition) is 2. The third kappa shape index (κ3) is 4.37. The summed E-state index contributed by atoms with van der Waals surface area (Å²) in [6.45, 7) is 7.43. The van der Waals surface area contributed by atoms with Gasteiger partial charge in [0.05, 0.1) is 17.2 Å². The summed E-state index contributed by atoms with van der Waals surface area (Å²) in [6, 6.07) is 14.1. The highest BCUT2D eigenvalue weighted by atomic mass is 16.5. The Labute approximate surface area is 192 Å². The highest BCUT2D eigenvalue weighted by molar-refractivity contribution is 5.97. The Morgan fingerprint density at radius 1 is 1.09 bits per heavy atom. The molecule has 170 valence electrons. The molecule has 3 N–H and O–H groups in total. The van der Waals surface area contributed by atoms with Crippen molar-refractivity contribution >= 4 is 11.9 Å². The van der Waals surface area contributed by atoms with Crippen LogP contribution in [0.3, 0.4) is 0 Å². The van der Waals surface area contributed by atoms with E-state index in [4.69, 9.17) is 20.2 Å². The number of carbonyl (C=O) groups excluding carboxylic acids is 2. The summed E-state index contributed by atoms with van der Waals surface area (Å²) in [4.78, 5) is 33.3. The molecule has 2 aromatic heterocycles. The number of rotatable bonds is 5. The van der Waals surface area contributed by atoms with E-state index in [1.807, 2.05) is 56.3 Å². The second kappa shape index (κ2) is 8.54. The zero-order chi connectivity index (χ0) is 23.8. The molecule has 0 radical (unpaired) electrons. The lowest BCUT2D eigenvalue weighted by molar-refractivity contribution is -0.128. The van der Waals surface area contributed by atoms with Crippen LogP contribution in [0.5, 0.6) is 17.5 Å². The van der Waals surface area contributed by atoms with E-state index in [1.165, 1.54) is 0 Å². The maximum absolute atomic E-state index is 12.9. The highest BCUT2D eigenvalue weighted by Crippen LogP contribution is 2.51. The number of fused-ring (bicyclic) bond motifs is 2. The number of para-hydroxylation sites is 1. The maximum atomic E-state index is 12.9. The number of carbonyl (C=O) groups is 2. The van der Waals surface area contributed by atoms with Crippen LogP contribution in [0.2, 0.25) is 0 Å². The number of benzene rings is 1. The number of nitrogens with zero attached hydrogens (tertiary/aromatic N) is 2. The van der Waals surface area contributed by atoms with Gasteiger partial charge in [0.1, 0.15) is 5.75 Å². The van der Waals surface area contributed by atoms with E-state index < -0.39 is 23.3 Å². The van der Waals surface area contributed by atoms with Gasteiger partial charge in [0.2, 0.25) is 17.7 Å². The zero-order valence-electron chi connectivity index (χ0n) is 19.0. The molecule has 3 aromatic rings. The van der Waals surface area contributed by atoms with Gasteiger partial charge in [-0.25, -0.2) is 14.8 Å². The third-order valence-corrected chi connectivity index (χ3v) is 5.57. The average molecular weight is 447 g/mol. The van der Waals surface area contributed by atoms with Crippen LogP contribution in [-0.2, 0) is 4.79 Å². The van der Waals surface area contributed by atoms with Crippen molar-refractivity contribution in [3.63, 3.8) is 0 Å². The second-order valence-corrected chi connectivity index (χ2v) is 8.76. The predicted octanol–water partition coefficient (Wildman–Crippen LogP) is 4.39. The van der Waals surface area contributed by atoms with Gasteiger partial charge in [-0.05, 0) is 32.0 Å². The van der Waals surface area contributed by atoms with Crippen molar-refractivity contribution in [3.8, 4) is 28.8 Å². The molecular weight excluding hydrogens is 420 g/mol. The first-order valence-corrected chi connectivity index (χ1v) is 10.7. The Morgan fingerprint density at radius 2 is 1.85 bits per heavy atom. The van der Waals surface area contributed by atoms with Gasteiger partial charge in [-0.2, -0.15) is 0 Å². The molecule has 0 unspecified atom stereocenters. The SMILES string of the molecule is CC(C)Oc1ccc(-c2ccc3c(n2)Oc2ccccc2[C@@H]3C(C)(C)C(=O)NC(N)=O)cn1. The van der Waals surface area contributed by atoms with Gasteiger partial charge in [0, 0.05) is 34.9 Å². The molecule has 0 aliphatic carbocycles. The molecule has 1 aliphatic rings. The Balaban J connectivity index is 1.75. The number of hydrogen-bond acceptors (Lipinski definition) is 6. The van der Waals surface area contributed by atoms with E-state index in [0.29, 0.717) is 23.2 Å². The number of nitrogens with one attached hydrogen (secondary N) is 1. The summed E-state index contributed by atoms with van der Waals surface area (Å²) >= 11 is 0. The fourth-order valence-corrected chi connectivity index (χ4v) is 4.02. The van der Waals surface area contributed by atoms with Gasteiger partial charge >= 0.3 is 6.03 Å². The predicted molar refractivity (Wildman–Crippen MR) is 123 cm³/mol. The number of pyridine rings is 2. The summed E-state index contributed by atoms with van der Waals surface area (Å²) < 4.78 is 11.7. The first kappa shape index (κ1) is 22.3. The summed E-state index contributed by atoms with van der Waals surface area (Å²) in [5.41, 5.74) is 7.26. The third-order valence-electron chi connectivity index (χ3n) is 5.57. The Bertz CT molecular complexity index is 1210. The van der Waals surface area contributed by atoms with Gasteiger partial charge < -0.3 is 15.2 Å². The lowest BCUT2D eigenvalue weighted by Gasteiger charge is -2.37. The van der Waals surface area contributed by atoms with Crippen LogP contribution in [0.15, 0.2) is 54.7 Å². The Morgan fingerprint density at radius 3 is 2.52 bits per heavy atom. The summed E-state index contributed by atoms with van der Waals surface area (Å²) in [6.07, 6.45) is 1.73. The fraction of sp³-hybridized carbons (Fsp3) is 0.280. The van der Waals surface area contributed by atoms with Gasteiger partial charge in [-0.1, -0.05) is 38.1 Å². The molecule has 8 heteroatoms. The van der Waals surface area contributed by atoms with Crippen molar-refractivity contribution in [2.24, 2.45) is 11.1 Å². The van der Waals surface area contributed by atoms with Gasteiger partial charge in [-0.3, -0.25) is 10.1 Å². The summed E-state index contributed by atoms with van der Waals surface area (Å²) in [5, 5.41) is 2.22. The number of imide groups is 1. The van der Waals surface area contributed by atoms with Crippen molar-refractivity contribution in [2.75, 3.05) is 0 Å². The number of nitrogens with two attached hydrogens (primary N) is 1. The number of primary amides is 1. The highest BCUT2D eigenvalue weighted by Gasteiger charge is 2.44. The Hall–Kier alpha value is -3.94. The van der Waals surface area contributed by atoms with E-state index in [0.717, 1.165) is 16.7 Å². The molecule has 1 atom stereocenters. The average Bonchev–Trinajstić information content (AvgIpc) is 2.76. The standard InChI is InChI=1S/C25H26N4O4/c1-14(2)32-20-12-9-15(13-27-20)18-11-10-17-21(25(3,4)23(30)29-24(26)31)16-7-5-6-8-19(16)33-22(17)28-18/h5-14,21H,1-4H3,(H3,26,29,30,31)/t21-/m0/s1. The van der Waals surface area contributed by atoms with E-state index in [1.54, 1.807) is 26.1 Å². The number of amides is 3. The summed E-state index contributed by atoms with van der Waals surface area (Å²) in [5.74, 6) is 0.672. The van der Waals surface area contributed by atoms with E-state index in [-0.39, 0.29) is 6.10 Å². The van der Waals surface area contributed by atoms with Crippen molar-refractivity contribution < 1.29 is 19.1 Å². The van der Waals surface area contributed by atoms with Crippen LogP contribution < -0.4 is 20.5 Å². The van der Waals surface area contributed by atoms with Crippen LogP contribution in [0.25, 0.3) is 11.3 Å². The minimum Gasteiger partial charge on any atom is -0.475 e. The smallest absolute Gasteiger partial charge is 0.318 e. The summed E-state index contributed by atoms with van der Waals surface area (Å²) in [7, 11) is 0. The minimum atomic E-state index is -1.01. The van der Waals surface area contributed by atoms with Crippen molar-refractivity contribution in [3.05, 3.63) is 65.9 Å². The molecule has 3 amide bonds. The molecule has 0 bridgehead atoms. The molecule has 1 aromatic carbocycles. The molecule has 0 spiro atoms. The topological polar surface area (TPSA) is 116 Å². The molecule has 33 heavy (non-hydrogen) atoms. The zero-order valence-corrected chi connectivity index (χ0v) is 19.0. The quantitative estimate of drug-likeness (QED) is 0.600. The van der Waals surface area contributed by atoms with Crippen LogP contribution in [-0.4, -0.2) is 28.0 Å². The minimum absolute atomic E-state index is 0.0331. The van der Waals surface area contributed by atoms with Crippen molar-refractivity contribution in [1.29, 1.82) is 0 Å². The largest absolute Gasteiger partial charge is 0.475 e. The van der Waals surface area contributed by atoms with E-state index >= 15 is 0 Å². The normalized spacial score (nSPS) is 14.6. The first-order valence-electron chi connectivity index (χ1n) is 10.7. The van der Waals surface area contributed by atoms with Gasteiger partial charge in [-0.15, -0.1) is 0 Å². The van der Waals surface area contributed by atoms with Crippen LogP contribution in [0.4, 0.5) is 4.79 Å². The molecule has 3 heterocycles. The second-order valence-electron chi connectivity index (χ2n) is 8.76. The monoisotopic (exact) mass is 446 g/mol.